The number of para-hydroxylation sites is 1. The quantitative estimate of drug-likeness (QED) is 0.859. The lowest BCUT2D eigenvalue weighted by atomic mass is 9.97. The Morgan fingerprint density at radius 2 is 2.00 bits per heavy atom. The average Bonchev–Trinajstić information content (AvgIpc) is 2.85. The highest BCUT2D eigenvalue weighted by Gasteiger charge is 2.31. The normalized spacial score (nSPS) is 21.5. The van der Waals surface area contributed by atoms with Crippen molar-refractivity contribution in [3.63, 3.8) is 0 Å². The third-order valence-electron chi connectivity index (χ3n) is 3.65. The number of carbonyl (C=O) groups is 2. The Morgan fingerprint density at radius 3 is 2.60 bits per heavy atom. The van der Waals surface area contributed by atoms with E-state index in [1.54, 1.807) is 7.05 Å². The molecule has 1 aliphatic heterocycles. The maximum Gasteiger partial charge on any atom is 0.243 e. The van der Waals surface area contributed by atoms with Crippen LogP contribution in [0.25, 0.3) is 0 Å². The Morgan fingerprint density at radius 1 is 1.30 bits per heavy atom. The first-order valence-corrected chi connectivity index (χ1v) is 6.88. The Hall–Kier alpha value is -1.88. The SMILES string of the molecule is C[C@@H]1CNC[C@H]1C(=O)N(C)CC(=O)Nc1ccccc1. The fraction of sp³-hybridized carbons (Fsp3) is 0.467. The molecule has 2 atom stereocenters. The maximum absolute atomic E-state index is 12.2. The minimum absolute atomic E-state index is 0.0236. The highest BCUT2D eigenvalue weighted by atomic mass is 16.2. The molecule has 1 aliphatic rings. The molecule has 5 nitrogen and oxygen atoms in total. The molecule has 0 aliphatic carbocycles. The Balaban J connectivity index is 1.86. The van der Waals surface area contributed by atoms with Gasteiger partial charge in [-0.15, -0.1) is 0 Å². The Labute approximate surface area is 119 Å². The standard InChI is InChI=1S/C15H21N3O2/c1-11-8-16-9-13(11)15(20)18(2)10-14(19)17-12-6-4-3-5-7-12/h3-7,11,13,16H,8-10H2,1-2H3,(H,17,19)/t11-,13-/m1/s1. The van der Waals surface area contributed by atoms with Crippen LogP contribution in [-0.2, 0) is 9.59 Å². The molecule has 2 N–H and O–H groups in total. The van der Waals surface area contributed by atoms with E-state index in [1.807, 2.05) is 30.3 Å². The predicted octanol–water partition coefficient (Wildman–Crippen LogP) is 0.939. The number of hydrogen-bond acceptors (Lipinski definition) is 3. The van der Waals surface area contributed by atoms with Crippen LogP contribution in [0.1, 0.15) is 6.92 Å². The van der Waals surface area contributed by atoms with Crippen molar-refractivity contribution < 1.29 is 9.59 Å². The highest BCUT2D eigenvalue weighted by molar-refractivity contribution is 5.94. The van der Waals surface area contributed by atoms with E-state index in [4.69, 9.17) is 0 Å². The van der Waals surface area contributed by atoms with Crippen molar-refractivity contribution in [2.45, 2.75) is 6.92 Å². The first-order chi connectivity index (χ1) is 9.58. The summed E-state index contributed by atoms with van der Waals surface area (Å²) in [5.74, 6) is 0.156. The molecule has 5 heteroatoms. The van der Waals surface area contributed by atoms with Gasteiger partial charge in [-0.2, -0.15) is 0 Å². The van der Waals surface area contributed by atoms with Gasteiger partial charge in [0.1, 0.15) is 0 Å². The van der Waals surface area contributed by atoms with E-state index in [1.165, 1.54) is 4.90 Å². The minimum atomic E-state index is -0.175. The van der Waals surface area contributed by atoms with Crippen molar-refractivity contribution in [3.05, 3.63) is 30.3 Å². The number of nitrogens with one attached hydrogen (secondary N) is 2. The monoisotopic (exact) mass is 275 g/mol. The smallest absolute Gasteiger partial charge is 0.243 e. The zero-order chi connectivity index (χ0) is 14.5. The number of amides is 2. The predicted molar refractivity (Wildman–Crippen MR) is 78.2 cm³/mol. The lowest BCUT2D eigenvalue weighted by Crippen LogP contribution is -2.40. The van der Waals surface area contributed by atoms with Gasteiger partial charge in [-0.25, -0.2) is 0 Å². The number of nitrogens with zero attached hydrogens (tertiary/aromatic N) is 1. The fourth-order valence-corrected chi connectivity index (χ4v) is 2.44. The number of anilines is 1. The first-order valence-electron chi connectivity index (χ1n) is 6.88. The van der Waals surface area contributed by atoms with E-state index in [9.17, 15) is 9.59 Å². The summed E-state index contributed by atoms with van der Waals surface area (Å²) in [6, 6.07) is 9.25. The van der Waals surface area contributed by atoms with E-state index < -0.39 is 0 Å². The van der Waals surface area contributed by atoms with Gasteiger partial charge in [-0.3, -0.25) is 9.59 Å². The van der Waals surface area contributed by atoms with Gasteiger partial charge in [0.15, 0.2) is 0 Å². The number of rotatable bonds is 4. The molecule has 1 aromatic rings. The molecule has 0 radical (unpaired) electrons. The van der Waals surface area contributed by atoms with Crippen molar-refractivity contribution in [2.75, 3.05) is 32.0 Å². The zero-order valence-electron chi connectivity index (χ0n) is 11.9. The van der Waals surface area contributed by atoms with Crippen LogP contribution in [0.15, 0.2) is 30.3 Å². The Kier molecular flexibility index (Phi) is 4.74. The van der Waals surface area contributed by atoms with Crippen molar-refractivity contribution in [3.8, 4) is 0 Å². The molecular formula is C15H21N3O2. The lowest BCUT2D eigenvalue weighted by molar-refractivity contribution is -0.137. The van der Waals surface area contributed by atoms with Gasteiger partial charge in [0, 0.05) is 19.3 Å². The van der Waals surface area contributed by atoms with Crippen LogP contribution in [0.4, 0.5) is 5.69 Å². The van der Waals surface area contributed by atoms with Crippen molar-refractivity contribution in [1.29, 1.82) is 0 Å². The summed E-state index contributed by atoms with van der Waals surface area (Å²) in [6.07, 6.45) is 0. The first kappa shape index (κ1) is 14.5. The van der Waals surface area contributed by atoms with E-state index in [0.29, 0.717) is 12.5 Å². The number of likely N-dealkylation sites (N-methyl/N-ethyl adjacent to an activating group) is 1. The Bertz CT molecular complexity index is 475. The summed E-state index contributed by atoms with van der Waals surface area (Å²) < 4.78 is 0. The molecule has 108 valence electrons. The second-order valence-corrected chi connectivity index (χ2v) is 5.35. The molecule has 0 bridgehead atoms. The molecule has 0 aromatic heterocycles. The largest absolute Gasteiger partial charge is 0.336 e. The van der Waals surface area contributed by atoms with Crippen molar-refractivity contribution in [1.82, 2.24) is 10.2 Å². The molecular weight excluding hydrogens is 254 g/mol. The summed E-state index contributed by atoms with van der Waals surface area (Å²) in [5, 5.41) is 5.98. The molecule has 0 spiro atoms. The fourth-order valence-electron chi connectivity index (χ4n) is 2.44. The molecule has 2 amide bonds. The summed E-state index contributed by atoms with van der Waals surface area (Å²) in [5.41, 5.74) is 0.745. The third-order valence-corrected chi connectivity index (χ3v) is 3.65. The van der Waals surface area contributed by atoms with Crippen LogP contribution >= 0.6 is 0 Å². The van der Waals surface area contributed by atoms with Gasteiger partial charge in [-0.1, -0.05) is 25.1 Å². The number of benzene rings is 1. The van der Waals surface area contributed by atoms with Gasteiger partial charge in [0.05, 0.1) is 12.5 Å². The van der Waals surface area contributed by atoms with Gasteiger partial charge < -0.3 is 15.5 Å². The summed E-state index contributed by atoms with van der Waals surface area (Å²) >= 11 is 0. The van der Waals surface area contributed by atoms with E-state index in [-0.39, 0.29) is 24.3 Å². The van der Waals surface area contributed by atoms with Crippen molar-refractivity contribution >= 4 is 17.5 Å². The number of carbonyl (C=O) groups excluding carboxylic acids is 2. The highest BCUT2D eigenvalue weighted by Crippen LogP contribution is 2.18. The zero-order valence-corrected chi connectivity index (χ0v) is 11.9. The van der Waals surface area contributed by atoms with Crippen LogP contribution in [0.3, 0.4) is 0 Å². The molecule has 1 saturated heterocycles. The maximum atomic E-state index is 12.2. The minimum Gasteiger partial charge on any atom is -0.336 e. The van der Waals surface area contributed by atoms with Crippen LogP contribution < -0.4 is 10.6 Å². The number of hydrogen-bond donors (Lipinski definition) is 2. The molecule has 1 fully saturated rings. The van der Waals surface area contributed by atoms with Crippen LogP contribution in [0.2, 0.25) is 0 Å². The summed E-state index contributed by atoms with van der Waals surface area (Å²) in [6.45, 7) is 3.70. The average molecular weight is 275 g/mol. The second-order valence-electron chi connectivity index (χ2n) is 5.35. The van der Waals surface area contributed by atoms with Crippen LogP contribution in [0.5, 0.6) is 0 Å². The van der Waals surface area contributed by atoms with Crippen LogP contribution in [-0.4, -0.2) is 43.4 Å². The second kappa shape index (κ2) is 6.52. The van der Waals surface area contributed by atoms with E-state index >= 15 is 0 Å². The molecule has 1 aromatic carbocycles. The van der Waals surface area contributed by atoms with E-state index in [2.05, 4.69) is 17.6 Å². The molecule has 20 heavy (non-hydrogen) atoms. The van der Waals surface area contributed by atoms with Gasteiger partial charge >= 0.3 is 0 Å². The summed E-state index contributed by atoms with van der Waals surface area (Å²) in [7, 11) is 1.68. The van der Waals surface area contributed by atoms with Crippen molar-refractivity contribution in [2.24, 2.45) is 11.8 Å². The summed E-state index contributed by atoms with van der Waals surface area (Å²) in [4.78, 5) is 25.7. The third kappa shape index (κ3) is 3.57. The molecule has 2 rings (SSSR count). The lowest BCUT2D eigenvalue weighted by Gasteiger charge is -2.22. The van der Waals surface area contributed by atoms with E-state index in [0.717, 1.165) is 12.2 Å². The van der Waals surface area contributed by atoms with Crippen LogP contribution in [0, 0.1) is 11.8 Å². The van der Waals surface area contributed by atoms with Gasteiger partial charge in [0.25, 0.3) is 0 Å². The molecule has 1 heterocycles. The molecule has 0 unspecified atom stereocenters. The molecule has 0 saturated carbocycles. The topological polar surface area (TPSA) is 61.4 Å². The van der Waals surface area contributed by atoms with Gasteiger partial charge in [-0.05, 0) is 24.6 Å². The van der Waals surface area contributed by atoms with Gasteiger partial charge in [0.2, 0.25) is 11.8 Å².